The van der Waals surface area contributed by atoms with Crippen LogP contribution in [0, 0.1) is 5.92 Å². The van der Waals surface area contributed by atoms with E-state index >= 15 is 0 Å². The molecule has 1 N–H and O–H groups in total. The number of hydrogen-bond acceptors (Lipinski definition) is 3. The molecule has 1 rings (SSSR count). The second-order valence-corrected chi connectivity index (χ2v) is 6.07. The summed E-state index contributed by atoms with van der Waals surface area (Å²) in [4.78, 5) is 0. The van der Waals surface area contributed by atoms with Crippen LogP contribution in [0.3, 0.4) is 0 Å². The molecule has 0 aliphatic heterocycles. The normalized spacial score (nSPS) is 14.7. The molecule has 2 atom stereocenters. The Hall–Kier alpha value is -0.580. The van der Waals surface area contributed by atoms with Crippen molar-refractivity contribution in [3.05, 3.63) is 16.4 Å². The van der Waals surface area contributed by atoms with Crippen molar-refractivity contribution >= 4 is 11.6 Å². The summed E-state index contributed by atoms with van der Waals surface area (Å²) in [6, 6.07) is 0.240. The third-order valence-corrected chi connectivity index (χ3v) is 4.34. The molecule has 122 valence electrons. The van der Waals surface area contributed by atoms with Crippen molar-refractivity contribution in [1.29, 1.82) is 0 Å². The average Bonchev–Trinajstić information content (AvgIpc) is 2.75. The second kappa shape index (κ2) is 8.76. The summed E-state index contributed by atoms with van der Waals surface area (Å²) in [5.41, 5.74) is 2.10. The summed E-state index contributed by atoms with van der Waals surface area (Å²) in [6.45, 7) is 12.4. The van der Waals surface area contributed by atoms with E-state index in [4.69, 9.17) is 16.3 Å². The molecule has 1 aromatic rings. The fourth-order valence-corrected chi connectivity index (χ4v) is 3.23. The Morgan fingerprint density at radius 1 is 1.29 bits per heavy atom. The molecule has 0 saturated heterocycles. The van der Waals surface area contributed by atoms with E-state index in [1.807, 2.05) is 4.68 Å². The van der Waals surface area contributed by atoms with Crippen LogP contribution in [0.4, 0.5) is 0 Å². The van der Waals surface area contributed by atoms with Gasteiger partial charge < -0.3 is 10.1 Å². The van der Waals surface area contributed by atoms with Gasteiger partial charge in [-0.25, -0.2) is 0 Å². The summed E-state index contributed by atoms with van der Waals surface area (Å²) < 4.78 is 7.74. The molecule has 0 aromatic carbocycles. The number of likely N-dealkylation sites (N-methyl/N-ethyl adjacent to an activating group) is 1. The van der Waals surface area contributed by atoms with Crippen LogP contribution in [0.5, 0.6) is 0 Å². The predicted octanol–water partition coefficient (Wildman–Crippen LogP) is 3.31. The van der Waals surface area contributed by atoms with Crippen LogP contribution in [0.25, 0.3) is 0 Å². The Morgan fingerprint density at radius 3 is 2.38 bits per heavy atom. The monoisotopic (exact) mass is 315 g/mol. The third kappa shape index (κ3) is 4.44. The summed E-state index contributed by atoms with van der Waals surface area (Å²) in [6.07, 6.45) is 1.86. The molecular weight excluding hydrogens is 286 g/mol. The molecule has 4 nitrogen and oxygen atoms in total. The molecule has 0 spiro atoms. The maximum Gasteiger partial charge on any atom is 0.0850 e. The van der Waals surface area contributed by atoms with Gasteiger partial charge in [0.2, 0.25) is 0 Å². The number of aryl methyl sites for hydroxylation is 2. The lowest BCUT2D eigenvalue weighted by Gasteiger charge is -2.30. The van der Waals surface area contributed by atoms with Crippen LogP contribution >= 0.6 is 11.6 Å². The molecule has 0 fully saturated rings. The van der Waals surface area contributed by atoms with E-state index in [-0.39, 0.29) is 12.1 Å². The molecule has 0 aliphatic rings. The van der Waals surface area contributed by atoms with Gasteiger partial charge in [0.25, 0.3) is 0 Å². The fourth-order valence-electron chi connectivity index (χ4n) is 2.89. The van der Waals surface area contributed by atoms with E-state index in [1.165, 1.54) is 0 Å². The number of methoxy groups -OCH3 is 1. The van der Waals surface area contributed by atoms with Crippen LogP contribution in [0.2, 0.25) is 5.02 Å². The first-order valence-electron chi connectivity index (χ1n) is 8.00. The Morgan fingerprint density at radius 2 is 1.95 bits per heavy atom. The average molecular weight is 316 g/mol. The van der Waals surface area contributed by atoms with Gasteiger partial charge in [-0.1, -0.05) is 39.3 Å². The molecule has 2 unspecified atom stereocenters. The van der Waals surface area contributed by atoms with Gasteiger partial charge in [-0.2, -0.15) is 5.10 Å². The minimum absolute atomic E-state index is 0.159. The van der Waals surface area contributed by atoms with Crippen molar-refractivity contribution in [3.8, 4) is 0 Å². The zero-order chi connectivity index (χ0) is 16.0. The molecule has 0 amide bonds. The Kier molecular flexibility index (Phi) is 7.71. The predicted molar refractivity (Wildman–Crippen MR) is 89.1 cm³/mol. The van der Waals surface area contributed by atoms with Crippen LogP contribution in [-0.4, -0.2) is 35.6 Å². The largest absolute Gasteiger partial charge is 0.380 e. The summed E-state index contributed by atoms with van der Waals surface area (Å²) >= 11 is 6.53. The van der Waals surface area contributed by atoms with Crippen molar-refractivity contribution < 1.29 is 4.74 Å². The highest BCUT2D eigenvalue weighted by Gasteiger charge is 2.27. The third-order valence-electron chi connectivity index (χ3n) is 3.90. The van der Waals surface area contributed by atoms with Crippen molar-refractivity contribution in [2.45, 2.75) is 66.2 Å². The lowest BCUT2D eigenvalue weighted by atomic mass is 9.95. The smallest absolute Gasteiger partial charge is 0.0850 e. The standard InChI is InChI=1S/C16H30ClN3O/c1-7-12-15(17)14(20(9-3)19-12)10-13(18-8-2)16(21-6)11(4)5/h11,13,16,18H,7-10H2,1-6H3. The van der Waals surface area contributed by atoms with Crippen LogP contribution < -0.4 is 5.32 Å². The minimum Gasteiger partial charge on any atom is -0.380 e. The van der Waals surface area contributed by atoms with Gasteiger partial charge in [0.15, 0.2) is 0 Å². The second-order valence-electron chi connectivity index (χ2n) is 5.69. The SMILES string of the molecule is CCNC(Cc1c(Cl)c(CC)nn1CC)C(OC)C(C)C. The number of nitrogens with zero attached hydrogens (tertiary/aromatic N) is 2. The lowest BCUT2D eigenvalue weighted by molar-refractivity contribution is 0.0331. The van der Waals surface area contributed by atoms with Crippen molar-refractivity contribution in [1.82, 2.24) is 15.1 Å². The molecule has 0 saturated carbocycles. The van der Waals surface area contributed by atoms with Gasteiger partial charge in [0, 0.05) is 26.1 Å². The highest BCUT2D eigenvalue weighted by atomic mass is 35.5. The highest BCUT2D eigenvalue weighted by molar-refractivity contribution is 6.31. The first kappa shape index (κ1) is 18.5. The quantitative estimate of drug-likeness (QED) is 0.760. The van der Waals surface area contributed by atoms with E-state index in [1.54, 1.807) is 7.11 Å². The molecule has 5 heteroatoms. The molecule has 0 aliphatic carbocycles. The van der Waals surface area contributed by atoms with Gasteiger partial charge in [-0.05, 0) is 25.8 Å². The fraction of sp³-hybridized carbons (Fsp3) is 0.812. The minimum atomic E-state index is 0.159. The maximum absolute atomic E-state index is 6.53. The van der Waals surface area contributed by atoms with Gasteiger partial charge in [-0.15, -0.1) is 0 Å². The first-order valence-corrected chi connectivity index (χ1v) is 8.37. The van der Waals surface area contributed by atoms with Crippen molar-refractivity contribution in [2.75, 3.05) is 13.7 Å². The van der Waals surface area contributed by atoms with E-state index < -0.39 is 0 Å². The highest BCUT2D eigenvalue weighted by Crippen LogP contribution is 2.25. The first-order chi connectivity index (χ1) is 9.99. The van der Waals surface area contributed by atoms with Gasteiger partial charge in [-0.3, -0.25) is 4.68 Å². The number of aromatic nitrogens is 2. The topological polar surface area (TPSA) is 39.1 Å². The number of rotatable bonds is 9. The number of nitrogens with one attached hydrogen (secondary N) is 1. The van der Waals surface area contributed by atoms with E-state index in [0.717, 1.165) is 42.3 Å². The molecule has 1 aromatic heterocycles. The van der Waals surface area contributed by atoms with Crippen molar-refractivity contribution in [2.24, 2.45) is 5.92 Å². The zero-order valence-corrected chi connectivity index (χ0v) is 15.0. The van der Waals surface area contributed by atoms with E-state index in [9.17, 15) is 0 Å². The Labute approximate surface area is 134 Å². The summed E-state index contributed by atoms with van der Waals surface area (Å²) in [7, 11) is 1.78. The zero-order valence-electron chi connectivity index (χ0n) is 14.2. The summed E-state index contributed by atoms with van der Waals surface area (Å²) in [5.74, 6) is 0.446. The Bertz CT molecular complexity index is 431. The van der Waals surface area contributed by atoms with E-state index in [2.05, 4.69) is 45.0 Å². The molecule has 1 heterocycles. The number of ether oxygens (including phenoxy) is 1. The van der Waals surface area contributed by atoms with Gasteiger partial charge in [0.05, 0.1) is 22.5 Å². The molecular formula is C16H30ClN3O. The molecule has 0 radical (unpaired) electrons. The van der Waals surface area contributed by atoms with Crippen LogP contribution in [0.15, 0.2) is 0 Å². The van der Waals surface area contributed by atoms with Crippen molar-refractivity contribution in [3.63, 3.8) is 0 Å². The molecule has 0 bridgehead atoms. The lowest BCUT2D eigenvalue weighted by Crippen LogP contribution is -2.45. The number of halogens is 1. The van der Waals surface area contributed by atoms with Gasteiger partial charge >= 0.3 is 0 Å². The van der Waals surface area contributed by atoms with Gasteiger partial charge in [0.1, 0.15) is 0 Å². The van der Waals surface area contributed by atoms with Crippen LogP contribution in [0.1, 0.15) is 46.0 Å². The number of hydrogen-bond donors (Lipinski definition) is 1. The maximum atomic E-state index is 6.53. The van der Waals surface area contributed by atoms with E-state index in [0.29, 0.717) is 5.92 Å². The molecule has 21 heavy (non-hydrogen) atoms. The van der Waals surface area contributed by atoms with Crippen LogP contribution in [-0.2, 0) is 24.1 Å². The summed E-state index contributed by atoms with van der Waals surface area (Å²) in [5, 5.41) is 8.97. The Balaban J connectivity index is 3.05.